The lowest BCUT2D eigenvalue weighted by molar-refractivity contribution is 0.218. The zero-order valence-corrected chi connectivity index (χ0v) is 12.4. The molecule has 0 atom stereocenters. The molecule has 0 radical (unpaired) electrons. The lowest BCUT2D eigenvalue weighted by atomic mass is 10.4. The van der Waals surface area contributed by atoms with E-state index in [1.165, 1.54) is 0 Å². The van der Waals surface area contributed by atoms with Gasteiger partial charge in [-0.25, -0.2) is 5.84 Å². The van der Waals surface area contributed by atoms with Crippen LogP contribution in [0.4, 0.5) is 5.95 Å². The largest absolute Gasteiger partial charge is 0.461 e. The Labute approximate surface area is 122 Å². The van der Waals surface area contributed by atoms with Gasteiger partial charge >= 0.3 is 12.0 Å². The maximum absolute atomic E-state index is 5.55. The molecule has 0 fully saturated rings. The fourth-order valence-corrected chi connectivity index (χ4v) is 1.47. The fraction of sp³-hybridized carbons (Fsp3) is 0.500. The molecule has 21 heavy (non-hydrogen) atoms. The molecule has 0 unspecified atom stereocenters. The van der Waals surface area contributed by atoms with E-state index in [0.717, 1.165) is 0 Å². The second-order valence-corrected chi connectivity index (χ2v) is 4.89. The summed E-state index contributed by atoms with van der Waals surface area (Å²) in [5.41, 5.74) is 2.35. The number of nitrogens with two attached hydrogens (primary N) is 1. The minimum atomic E-state index is -0.0745. The first kappa shape index (κ1) is 15.0. The number of nitrogens with zero attached hydrogens (tertiary/aromatic N) is 5. The van der Waals surface area contributed by atoms with Gasteiger partial charge in [0.1, 0.15) is 0 Å². The third-order valence-electron chi connectivity index (χ3n) is 2.38. The quantitative estimate of drug-likeness (QED) is 0.608. The van der Waals surface area contributed by atoms with Crippen LogP contribution < -0.4 is 20.7 Å². The van der Waals surface area contributed by atoms with E-state index in [9.17, 15) is 0 Å². The number of aromatic nitrogens is 5. The summed E-state index contributed by atoms with van der Waals surface area (Å²) >= 11 is 0. The Morgan fingerprint density at radius 2 is 1.86 bits per heavy atom. The molecule has 0 saturated carbocycles. The number of anilines is 1. The van der Waals surface area contributed by atoms with Crippen molar-refractivity contribution in [2.24, 2.45) is 5.84 Å². The summed E-state index contributed by atoms with van der Waals surface area (Å²) in [6.45, 7) is 7.77. The van der Waals surface area contributed by atoms with E-state index in [-0.39, 0.29) is 30.1 Å². The van der Waals surface area contributed by atoms with Crippen LogP contribution in [0.3, 0.4) is 0 Å². The number of rotatable bonds is 6. The van der Waals surface area contributed by atoms with Gasteiger partial charge in [0.25, 0.3) is 0 Å². The molecule has 2 aromatic heterocycles. The Morgan fingerprint density at radius 3 is 2.43 bits per heavy atom. The van der Waals surface area contributed by atoms with Crippen LogP contribution >= 0.6 is 0 Å². The van der Waals surface area contributed by atoms with Crippen molar-refractivity contribution in [2.45, 2.75) is 39.8 Å². The zero-order chi connectivity index (χ0) is 15.4. The average molecular weight is 293 g/mol. The smallest absolute Gasteiger partial charge is 0.330 e. The molecule has 0 bridgehead atoms. The summed E-state index contributed by atoms with van der Waals surface area (Å²) in [6.07, 6.45) is 3.27. The Kier molecular flexibility index (Phi) is 4.53. The SMILES string of the molecule is CC(C)Oc1nc(NN)nc(Oc2cnn(C(C)C)c2)n1. The minimum absolute atomic E-state index is 0.0745. The Bertz CT molecular complexity index is 597. The number of ether oxygens (including phenoxy) is 2. The van der Waals surface area contributed by atoms with Gasteiger partial charge in [-0.2, -0.15) is 15.1 Å². The van der Waals surface area contributed by atoms with Gasteiger partial charge in [-0.05, 0) is 27.7 Å². The van der Waals surface area contributed by atoms with Crippen LogP contribution in [0.5, 0.6) is 17.8 Å². The fourth-order valence-electron chi connectivity index (χ4n) is 1.47. The molecule has 2 rings (SSSR count). The lowest BCUT2D eigenvalue weighted by Crippen LogP contribution is -2.14. The highest BCUT2D eigenvalue weighted by Gasteiger charge is 2.11. The summed E-state index contributed by atoms with van der Waals surface area (Å²) in [4.78, 5) is 12.1. The van der Waals surface area contributed by atoms with Gasteiger partial charge in [0, 0.05) is 6.04 Å². The number of hydrogen-bond acceptors (Lipinski definition) is 8. The molecule has 0 aromatic carbocycles. The van der Waals surface area contributed by atoms with Gasteiger partial charge in [-0.15, -0.1) is 4.98 Å². The molecule has 114 valence electrons. The minimum Gasteiger partial charge on any atom is -0.461 e. The van der Waals surface area contributed by atoms with Crippen molar-refractivity contribution in [2.75, 3.05) is 5.43 Å². The van der Waals surface area contributed by atoms with E-state index in [2.05, 4.69) is 25.5 Å². The first-order valence-electron chi connectivity index (χ1n) is 6.59. The van der Waals surface area contributed by atoms with Crippen molar-refractivity contribution in [1.82, 2.24) is 24.7 Å². The second kappa shape index (κ2) is 6.35. The topological polar surface area (TPSA) is 113 Å². The van der Waals surface area contributed by atoms with Crippen LogP contribution in [-0.2, 0) is 0 Å². The number of hydrazine groups is 1. The van der Waals surface area contributed by atoms with E-state index in [4.69, 9.17) is 15.3 Å². The maximum Gasteiger partial charge on any atom is 0.330 e. The monoisotopic (exact) mass is 293 g/mol. The van der Waals surface area contributed by atoms with Crippen molar-refractivity contribution in [3.8, 4) is 17.8 Å². The zero-order valence-electron chi connectivity index (χ0n) is 12.4. The molecule has 3 N–H and O–H groups in total. The molecule has 2 heterocycles. The summed E-state index contributed by atoms with van der Waals surface area (Å²) in [5.74, 6) is 6.01. The van der Waals surface area contributed by atoms with E-state index < -0.39 is 0 Å². The summed E-state index contributed by atoms with van der Waals surface area (Å²) in [7, 11) is 0. The van der Waals surface area contributed by atoms with Gasteiger partial charge in [-0.3, -0.25) is 10.1 Å². The molecule has 0 aliphatic carbocycles. The van der Waals surface area contributed by atoms with Crippen LogP contribution in [0.2, 0.25) is 0 Å². The average Bonchev–Trinajstić information content (AvgIpc) is 2.86. The van der Waals surface area contributed by atoms with E-state index in [1.54, 1.807) is 17.1 Å². The Balaban J connectivity index is 2.21. The predicted octanol–water partition coefficient (Wildman–Crippen LogP) is 1.51. The molecule has 2 aromatic rings. The third kappa shape index (κ3) is 4.02. The lowest BCUT2D eigenvalue weighted by Gasteiger charge is -2.09. The van der Waals surface area contributed by atoms with Gasteiger partial charge in [0.05, 0.1) is 18.5 Å². The maximum atomic E-state index is 5.55. The standard InChI is InChI=1S/C12H19N7O2/c1-7(2)19-6-9(5-14-19)21-12-16-10(18-13)15-11(17-12)20-8(3)4/h5-8H,13H2,1-4H3,(H,15,16,17,18). The highest BCUT2D eigenvalue weighted by Crippen LogP contribution is 2.21. The van der Waals surface area contributed by atoms with Gasteiger partial charge < -0.3 is 9.47 Å². The molecule has 9 heteroatoms. The molecular formula is C12H19N7O2. The molecule has 0 aliphatic rings. The summed E-state index contributed by atoms with van der Waals surface area (Å²) < 4.78 is 12.7. The van der Waals surface area contributed by atoms with Crippen molar-refractivity contribution in [1.29, 1.82) is 0 Å². The van der Waals surface area contributed by atoms with Crippen molar-refractivity contribution in [3.63, 3.8) is 0 Å². The van der Waals surface area contributed by atoms with Gasteiger partial charge in [0.2, 0.25) is 5.95 Å². The van der Waals surface area contributed by atoms with Gasteiger partial charge in [-0.1, -0.05) is 0 Å². The van der Waals surface area contributed by atoms with Crippen molar-refractivity contribution >= 4 is 5.95 Å². The van der Waals surface area contributed by atoms with E-state index in [0.29, 0.717) is 5.75 Å². The Hall–Kier alpha value is -2.42. The molecular weight excluding hydrogens is 274 g/mol. The van der Waals surface area contributed by atoms with Crippen LogP contribution in [0, 0.1) is 0 Å². The molecule has 9 nitrogen and oxygen atoms in total. The van der Waals surface area contributed by atoms with Crippen LogP contribution in [0.1, 0.15) is 33.7 Å². The van der Waals surface area contributed by atoms with Crippen molar-refractivity contribution in [3.05, 3.63) is 12.4 Å². The highest BCUT2D eigenvalue weighted by atomic mass is 16.5. The van der Waals surface area contributed by atoms with E-state index >= 15 is 0 Å². The summed E-state index contributed by atoms with van der Waals surface area (Å²) in [5, 5.41) is 4.17. The van der Waals surface area contributed by atoms with Crippen LogP contribution in [-0.4, -0.2) is 30.8 Å². The second-order valence-electron chi connectivity index (χ2n) is 4.89. The van der Waals surface area contributed by atoms with Crippen molar-refractivity contribution < 1.29 is 9.47 Å². The van der Waals surface area contributed by atoms with Gasteiger partial charge in [0.15, 0.2) is 5.75 Å². The third-order valence-corrected chi connectivity index (χ3v) is 2.38. The Morgan fingerprint density at radius 1 is 1.14 bits per heavy atom. The van der Waals surface area contributed by atoms with Crippen LogP contribution in [0.15, 0.2) is 12.4 Å². The number of nitrogen functional groups attached to an aromatic ring is 1. The van der Waals surface area contributed by atoms with E-state index in [1.807, 2.05) is 27.7 Å². The normalized spacial score (nSPS) is 11.0. The number of hydrogen-bond donors (Lipinski definition) is 2. The molecule has 0 amide bonds. The summed E-state index contributed by atoms with van der Waals surface area (Å²) in [6, 6.07) is 0.456. The highest BCUT2D eigenvalue weighted by molar-refractivity contribution is 5.27. The first-order valence-corrected chi connectivity index (χ1v) is 6.59. The number of nitrogens with one attached hydrogen (secondary N) is 1. The van der Waals surface area contributed by atoms with Crippen LogP contribution in [0.25, 0.3) is 0 Å². The molecule has 0 saturated heterocycles. The molecule has 0 spiro atoms. The molecule has 0 aliphatic heterocycles. The predicted molar refractivity (Wildman–Crippen MR) is 76.1 cm³/mol. The first-order chi connectivity index (χ1) is 9.97.